The number of amides is 1. The van der Waals surface area contributed by atoms with Crippen molar-refractivity contribution in [3.63, 3.8) is 0 Å². The number of hydrogen-bond acceptors (Lipinski definition) is 4. The molecule has 0 radical (unpaired) electrons. The van der Waals surface area contributed by atoms with E-state index in [2.05, 4.69) is 5.32 Å². The van der Waals surface area contributed by atoms with Crippen LogP contribution in [0.2, 0.25) is 0 Å². The van der Waals surface area contributed by atoms with Crippen molar-refractivity contribution in [1.29, 1.82) is 0 Å². The van der Waals surface area contributed by atoms with E-state index in [9.17, 15) is 9.18 Å². The third-order valence-corrected chi connectivity index (χ3v) is 2.58. The van der Waals surface area contributed by atoms with Gasteiger partial charge in [-0.3, -0.25) is 4.79 Å². The Morgan fingerprint density at radius 2 is 2.10 bits per heavy atom. The summed E-state index contributed by atoms with van der Waals surface area (Å²) in [4.78, 5) is 11.9. The average Bonchev–Trinajstić information content (AvgIpc) is 2.88. The molecular weight excluding hydrogens is 265 g/mol. The molecule has 0 fully saturated rings. The van der Waals surface area contributed by atoms with Crippen molar-refractivity contribution in [1.82, 2.24) is 0 Å². The Labute approximate surface area is 115 Å². The Morgan fingerprint density at radius 1 is 1.30 bits per heavy atom. The van der Waals surface area contributed by atoms with E-state index in [4.69, 9.17) is 13.9 Å². The zero-order valence-corrected chi connectivity index (χ0v) is 11.1. The quantitative estimate of drug-likeness (QED) is 0.914. The van der Waals surface area contributed by atoms with Gasteiger partial charge in [-0.1, -0.05) is 0 Å². The molecule has 0 bridgehead atoms. The van der Waals surface area contributed by atoms with Crippen LogP contribution >= 0.6 is 0 Å². The molecule has 106 valence electrons. The number of ether oxygens (including phenoxy) is 2. The van der Waals surface area contributed by atoms with Gasteiger partial charge in [0.2, 0.25) is 0 Å². The van der Waals surface area contributed by atoms with Crippen LogP contribution in [-0.2, 0) is 11.3 Å². The average molecular weight is 279 g/mol. The summed E-state index contributed by atoms with van der Waals surface area (Å²) in [7, 11) is 2.90. The molecule has 0 spiro atoms. The SMILES string of the molecule is COCc1ccc(C(=O)Nc2ccc(OC)c(F)c2)o1. The maximum absolute atomic E-state index is 13.5. The van der Waals surface area contributed by atoms with Crippen LogP contribution in [0.25, 0.3) is 0 Å². The topological polar surface area (TPSA) is 60.7 Å². The first kappa shape index (κ1) is 14.1. The first-order valence-electron chi connectivity index (χ1n) is 5.86. The molecule has 1 heterocycles. The Bertz CT molecular complexity index is 609. The summed E-state index contributed by atoms with van der Waals surface area (Å²) in [5, 5.41) is 2.54. The first-order valence-corrected chi connectivity index (χ1v) is 5.86. The molecule has 1 aromatic heterocycles. The van der Waals surface area contributed by atoms with E-state index in [1.165, 1.54) is 32.4 Å². The summed E-state index contributed by atoms with van der Waals surface area (Å²) in [5.41, 5.74) is 0.318. The second-order valence-electron chi connectivity index (χ2n) is 4.00. The van der Waals surface area contributed by atoms with Crippen LogP contribution in [-0.4, -0.2) is 20.1 Å². The van der Waals surface area contributed by atoms with Gasteiger partial charge in [0.05, 0.1) is 7.11 Å². The number of furan rings is 1. The number of anilines is 1. The minimum Gasteiger partial charge on any atom is -0.494 e. The van der Waals surface area contributed by atoms with Crippen molar-refractivity contribution >= 4 is 11.6 Å². The molecule has 2 aromatic rings. The number of hydrogen-bond donors (Lipinski definition) is 1. The Kier molecular flexibility index (Phi) is 4.37. The Hall–Kier alpha value is -2.34. The molecular formula is C14H14FNO4. The van der Waals surface area contributed by atoms with Crippen molar-refractivity contribution < 1.29 is 23.1 Å². The van der Waals surface area contributed by atoms with Gasteiger partial charge in [-0.25, -0.2) is 4.39 Å². The monoisotopic (exact) mass is 279 g/mol. The highest BCUT2D eigenvalue weighted by molar-refractivity contribution is 6.02. The van der Waals surface area contributed by atoms with Gasteiger partial charge in [0.15, 0.2) is 17.3 Å². The van der Waals surface area contributed by atoms with Crippen molar-refractivity contribution in [2.75, 3.05) is 19.5 Å². The van der Waals surface area contributed by atoms with Gasteiger partial charge in [-0.15, -0.1) is 0 Å². The summed E-state index contributed by atoms with van der Waals surface area (Å²) in [6.45, 7) is 0.282. The molecule has 1 amide bonds. The third-order valence-electron chi connectivity index (χ3n) is 2.58. The van der Waals surface area contributed by atoms with Crippen LogP contribution in [0.1, 0.15) is 16.3 Å². The lowest BCUT2D eigenvalue weighted by Gasteiger charge is -2.06. The molecule has 1 N–H and O–H groups in total. The minimum atomic E-state index is -0.551. The van der Waals surface area contributed by atoms with Gasteiger partial charge in [0.1, 0.15) is 12.4 Å². The van der Waals surface area contributed by atoms with Crippen LogP contribution < -0.4 is 10.1 Å². The summed E-state index contributed by atoms with van der Waals surface area (Å²) >= 11 is 0. The van der Waals surface area contributed by atoms with Crippen LogP contribution in [0, 0.1) is 5.82 Å². The van der Waals surface area contributed by atoms with Crippen molar-refractivity contribution in [2.45, 2.75) is 6.61 Å². The van der Waals surface area contributed by atoms with Crippen molar-refractivity contribution in [3.05, 3.63) is 47.7 Å². The third kappa shape index (κ3) is 3.16. The molecule has 0 saturated heterocycles. The summed E-state index contributed by atoms with van der Waals surface area (Å²) < 4.78 is 28.5. The number of methoxy groups -OCH3 is 2. The lowest BCUT2D eigenvalue weighted by Crippen LogP contribution is -2.11. The van der Waals surface area contributed by atoms with E-state index in [0.29, 0.717) is 11.4 Å². The van der Waals surface area contributed by atoms with Crippen LogP contribution in [0.3, 0.4) is 0 Å². The highest BCUT2D eigenvalue weighted by Gasteiger charge is 2.12. The van der Waals surface area contributed by atoms with E-state index in [1.807, 2.05) is 0 Å². The number of carbonyl (C=O) groups is 1. The molecule has 20 heavy (non-hydrogen) atoms. The Morgan fingerprint density at radius 3 is 2.75 bits per heavy atom. The normalized spacial score (nSPS) is 10.3. The van der Waals surface area contributed by atoms with E-state index in [-0.39, 0.29) is 18.1 Å². The largest absolute Gasteiger partial charge is 0.494 e. The van der Waals surface area contributed by atoms with Gasteiger partial charge >= 0.3 is 0 Å². The van der Waals surface area contributed by atoms with Crippen molar-refractivity contribution in [3.8, 4) is 5.75 Å². The maximum Gasteiger partial charge on any atom is 0.291 e. The predicted molar refractivity (Wildman–Crippen MR) is 70.3 cm³/mol. The fraction of sp³-hybridized carbons (Fsp3) is 0.214. The van der Waals surface area contributed by atoms with Crippen LogP contribution in [0.4, 0.5) is 10.1 Å². The number of rotatable bonds is 5. The first-order chi connectivity index (χ1) is 9.63. The standard InChI is InChI=1S/C14H14FNO4/c1-18-8-10-4-6-13(20-10)14(17)16-9-3-5-12(19-2)11(15)7-9/h3-7H,8H2,1-2H3,(H,16,17). The molecule has 0 atom stereocenters. The van der Waals surface area contributed by atoms with E-state index < -0.39 is 11.7 Å². The highest BCUT2D eigenvalue weighted by Crippen LogP contribution is 2.21. The number of nitrogens with one attached hydrogen (secondary N) is 1. The van der Waals surface area contributed by atoms with E-state index >= 15 is 0 Å². The summed E-state index contributed by atoms with van der Waals surface area (Å²) in [6.07, 6.45) is 0. The fourth-order valence-electron chi connectivity index (χ4n) is 1.66. The molecule has 2 rings (SSSR count). The zero-order valence-electron chi connectivity index (χ0n) is 11.1. The number of halogens is 1. The molecule has 1 aromatic carbocycles. The van der Waals surface area contributed by atoms with Gasteiger partial charge < -0.3 is 19.2 Å². The summed E-state index contributed by atoms with van der Waals surface area (Å²) in [6, 6.07) is 7.33. The molecule has 0 unspecified atom stereocenters. The van der Waals surface area contributed by atoms with E-state index in [1.54, 1.807) is 12.1 Å². The second-order valence-corrected chi connectivity index (χ2v) is 4.00. The number of carbonyl (C=O) groups excluding carboxylic acids is 1. The predicted octanol–water partition coefficient (Wildman–Crippen LogP) is 2.83. The smallest absolute Gasteiger partial charge is 0.291 e. The van der Waals surface area contributed by atoms with Gasteiger partial charge in [-0.05, 0) is 24.3 Å². The minimum absolute atomic E-state index is 0.114. The van der Waals surface area contributed by atoms with Gasteiger partial charge in [-0.2, -0.15) is 0 Å². The van der Waals surface area contributed by atoms with Crippen LogP contribution in [0.5, 0.6) is 5.75 Å². The zero-order chi connectivity index (χ0) is 14.5. The molecule has 0 aliphatic heterocycles. The lowest BCUT2D eigenvalue weighted by atomic mass is 10.3. The summed E-state index contributed by atoms with van der Waals surface area (Å²) in [5.74, 6) is -0.225. The highest BCUT2D eigenvalue weighted by atomic mass is 19.1. The Balaban J connectivity index is 2.08. The van der Waals surface area contributed by atoms with Gasteiger partial charge in [0, 0.05) is 18.9 Å². The van der Waals surface area contributed by atoms with Gasteiger partial charge in [0.25, 0.3) is 5.91 Å². The lowest BCUT2D eigenvalue weighted by molar-refractivity contribution is 0.0987. The molecule has 0 aliphatic rings. The molecule has 0 saturated carbocycles. The maximum atomic E-state index is 13.5. The molecule has 6 heteroatoms. The van der Waals surface area contributed by atoms with E-state index in [0.717, 1.165) is 0 Å². The van der Waals surface area contributed by atoms with Crippen molar-refractivity contribution in [2.24, 2.45) is 0 Å². The second kappa shape index (κ2) is 6.21. The molecule has 5 nitrogen and oxygen atoms in total. The molecule has 0 aliphatic carbocycles. The fourth-order valence-corrected chi connectivity index (χ4v) is 1.66. The van der Waals surface area contributed by atoms with Crippen LogP contribution in [0.15, 0.2) is 34.7 Å². The number of benzene rings is 1.